The largest absolute Gasteiger partial charge is 0.271 e. The quantitative estimate of drug-likeness (QED) is 0.556. The van der Waals surface area contributed by atoms with Gasteiger partial charge in [0, 0.05) is 12.5 Å². The van der Waals surface area contributed by atoms with Crippen molar-refractivity contribution in [1.29, 1.82) is 0 Å². The van der Waals surface area contributed by atoms with Gasteiger partial charge in [0.05, 0.1) is 7.05 Å². The predicted octanol–water partition coefficient (Wildman–Crippen LogP) is 0.0207. The van der Waals surface area contributed by atoms with Gasteiger partial charge in [-0.2, -0.15) is 4.80 Å². The van der Waals surface area contributed by atoms with Crippen molar-refractivity contribution in [3.63, 3.8) is 0 Å². The van der Waals surface area contributed by atoms with Crippen molar-refractivity contribution < 1.29 is 0 Å². The Balaban J connectivity index is 2.00. The van der Waals surface area contributed by atoms with Gasteiger partial charge in [-0.25, -0.2) is 0 Å². The summed E-state index contributed by atoms with van der Waals surface area (Å²) in [6, 6.07) is 0.265. The molecule has 90 valence electrons. The van der Waals surface area contributed by atoms with Crippen molar-refractivity contribution in [2.45, 2.75) is 38.6 Å². The van der Waals surface area contributed by atoms with Crippen LogP contribution in [0.15, 0.2) is 0 Å². The number of hydrazine groups is 1. The summed E-state index contributed by atoms with van der Waals surface area (Å²) in [5.74, 6) is 7.77. The van der Waals surface area contributed by atoms with E-state index in [0.29, 0.717) is 5.92 Å². The van der Waals surface area contributed by atoms with E-state index in [1.807, 2.05) is 0 Å². The second kappa shape index (κ2) is 4.88. The van der Waals surface area contributed by atoms with Gasteiger partial charge in [-0.1, -0.05) is 19.8 Å². The van der Waals surface area contributed by atoms with E-state index in [9.17, 15) is 0 Å². The first-order valence-corrected chi connectivity index (χ1v) is 5.89. The highest BCUT2D eigenvalue weighted by Crippen LogP contribution is 2.34. The number of aromatic nitrogens is 4. The lowest BCUT2D eigenvalue weighted by atomic mass is 9.88. The summed E-state index contributed by atoms with van der Waals surface area (Å²) < 4.78 is 0. The van der Waals surface area contributed by atoms with Gasteiger partial charge < -0.3 is 0 Å². The molecule has 0 aromatic carbocycles. The maximum atomic E-state index is 5.64. The number of rotatable bonds is 4. The number of nitrogens with two attached hydrogens (primary N) is 1. The Morgan fingerprint density at radius 3 is 2.88 bits per heavy atom. The van der Waals surface area contributed by atoms with Crippen LogP contribution in [0.4, 0.5) is 0 Å². The minimum absolute atomic E-state index is 0.265. The molecule has 1 aromatic heterocycles. The molecule has 1 aliphatic carbocycles. The van der Waals surface area contributed by atoms with Gasteiger partial charge in [-0.3, -0.25) is 11.3 Å². The van der Waals surface area contributed by atoms with Crippen molar-refractivity contribution in [3.8, 4) is 0 Å². The van der Waals surface area contributed by atoms with E-state index in [4.69, 9.17) is 5.84 Å². The van der Waals surface area contributed by atoms with Crippen LogP contribution >= 0.6 is 0 Å². The Bertz CT molecular complexity index is 336. The number of hydrogen-bond acceptors (Lipinski definition) is 5. The molecule has 3 unspecified atom stereocenters. The molecule has 0 radical (unpaired) electrons. The molecular weight excluding hydrogens is 204 g/mol. The topological polar surface area (TPSA) is 81.7 Å². The van der Waals surface area contributed by atoms with E-state index in [1.165, 1.54) is 24.1 Å². The maximum absolute atomic E-state index is 5.64. The second-order valence-corrected chi connectivity index (χ2v) is 4.74. The summed E-state index contributed by atoms with van der Waals surface area (Å²) in [6.07, 6.45) is 4.62. The van der Waals surface area contributed by atoms with Crippen LogP contribution in [-0.2, 0) is 13.5 Å². The molecule has 0 aliphatic heterocycles. The molecule has 6 nitrogen and oxygen atoms in total. The standard InChI is InChI=1S/C10H20N6/c1-7-4-3-5-8(7)9(12-11)6-10-13-15-16(2)14-10/h7-9,12H,3-6,11H2,1-2H3. The number of nitrogens with zero attached hydrogens (tertiary/aromatic N) is 4. The van der Waals surface area contributed by atoms with Crippen molar-refractivity contribution in [3.05, 3.63) is 5.82 Å². The molecule has 0 spiro atoms. The molecule has 0 amide bonds. The van der Waals surface area contributed by atoms with E-state index >= 15 is 0 Å². The smallest absolute Gasteiger partial charge is 0.176 e. The third kappa shape index (κ3) is 2.38. The fraction of sp³-hybridized carbons (Fsp3) is 0.900. The van der Waals surface area contributed by atoms with Crippen molar-refractivity contribution in [1.82, 2.24) is 25.6 Å². The molecule has 3 atom stereocenters. The van der Waals surface area contributed by atoms with Gasteiger partial charge in [-0.05, 0) is 23.5 Å². The second-order valence-electron chi connectivity index (χ2n) is 4.74. The normalized spacial score (nSPS) is 27.2. The minimum atomic E-state index is 0.265. The van der Waals surface area contributed by atoms with Crippen molar-refractivity contribution >= 4 is 0 Å². The Hall–Kier alpha value is -1.01. The van der Waals surface area contributed by atoms with Crippen molar-refractivity contribution in [2.75, 3.05) is 0 Å². The summed E-state index contributed by atoms with van der Waals surface area (Å²) in [4.78, 5) is 1.49. The highest BCUT2D eigenvalue weighted by molar-refractivity contribution is 4.91. The molecular formula is C10H20N6. The fourth-order valence-corrected chi connectivity index (χ4v) is 2.71. The number of nitrogens with one attached hydrogen (secondary N) is 1. The first-order chi connectivity index (χ1) is 7.70. The van der Waals surface area contributed by atoms with Gasteiger partial charge >= 0.3 is 0 Å². The lowest BCUT2D eigenvalue weighted by Crippen LogP contribution is -2.43. The minimum Gasteiger partial charge on any atom is -0.271 e. The lowest BCUT2D eigenvalue weighted by molar-refractivity contribution is 0.294. The third-order valence-electron chi connectivity index (χ3n) is 3.61. The molecule has 1 aromatic rings. The monoisotopic (exact) mass is 224 g/mol. The number of aryl methyl sites for hydroxylation is 1. The zero-order chi connectivity index (χ0) is 11.5. The van der Waals surface area contributed by atoms with Gasteiger partial charge in [0.1, 0.15) is 0 Å². The van der Waals surface area contributed by atoms with Gasteiger partial charge in [0.2, 0.25) is 0 Å². The molecule has 3 N–H and O–H groups in total. The van der Waals surface area contributed by atoms with Crippen LogP contribution in [-0.4, -0.2) is 26.2 Å². The summed E-state index contributed by atoms with van der Waals surface area (Å²) in [6.45, 7) is 2.30. The molecule has 16 heavy (non-hydrogen) atoms. The third-order valence-corrected chi connectivity index (χ3v) is 3.61. The Morgan fingerprint density at radius 1 is 1.56 bits per heavy atom. The highest BCUT2D eigenvalue weighted by Gasteiger charge is 2.31. The van der Waals surface area contributed by atoms with Crippen LogP contribution in [0, 0.1) is 11.8 Å². The first kappa shape index (κ1) is 11.5. The summed E-state index contributed by atoms with van der Waals surface area (Å²) in [7, 11) is 1.78. The molecule has 0 saturated heterocycles. The fourth-order valence-electron chi connectivity index (χ4n) is 2.71. The molecule has 2 rings (SSSR count). The van der Waals surface area contributed by atoms with Crippen LogP contribution in [0.3, 0.4) is 0 Å². The zero-order valence-electron chi connectivity index (χ0n) is 9.93. The first-order valence-electron chi connectivity index (χ1n) is 5.89. The van der Waals surface area contributed by atoms with Gasteiger partial charge in [-0.15, -0.1) is 10.2 Å². The van der Waals surface area contributed by atoms with E-state index in [2.05, 4.69) is 27.8 Å². The Morgan fingerprint density at radius 2 is 2.38 bits per heavy atom. The summed E-state index contributed by atoms with van der Waals surface area (Å²) in [5, 5.41) is 12.0. The summed E-state index contributed by atoms with van der Waals surface area (Å²) in [5.41, 5.74) is 2.92. The highest BCUT2D eigenvalue weighted by atomic mass is 15.6. The van der Waals surface area contributed by atoms with Gasteiger partial charge in [0.15, 0.2) is 5.82 Å². The molecule has 6 heteroatoms. The zero-order valence-corrected chi connectivity index (χ0v) is 9.93. The van der Waals surface area contributed by atoms with Crippen molar-refractivity contribution in [2.24, 2.45) is 24.7 Å². The van der Waals surface area contributed by atoms with Crippen LogP contribution in [0.5, 0.6) is 0 Å². The molecule has 0 bridgehead atoms. The Kier molecular flexibility index (Phi) is 3.50. The molecule has 1 fully saturated rings. The average molecular weight is 224 g/mol. The number of tetrazole rings is 1. The molecule has 1 heterocycles. The SMILES string of the molecule is CC1CCCC1C(Cc1nnn(C)n1)NN. The van der Waals surface area contributed by atoms with E-state index in [-0.39, 0.29) is 6.04 Å². The van der Waals surface area contributed by atoms with Gasteiger partial charge in [0.25, 0.3) is 0 Å². The van der Waals surface area contributed by atoms with Crippen LogP contribution in [0.25, 0.3) is 0 Å². The van der Waals surface area contributed by atoms with Crippen LogP contribution in [0.2, 0.25) is 0 Å². The molecule has 1 aliphatic rings. The predicted molar refractivity (Wildman–Crippen MR) is 60.1 cm³/mol. The van der Waals surface area contributed by atoms with Crippen LogP contribution < -0.4 is 11.3 Å². The van der Waals surface area contributed by atoms with E-state index in [1.54, 1.807) is 7.05 Å². The van der Waals surface area contributed by atoms with E-state index in [0.717, 1.165) is 18.2 Å². The van der Waals surface area contributed by atoms with Crippen LogP contribution in [0.1, 0.15) is 32.0 Å². The number of hydrogen-bond donors (Lipinski definition) is 2. The Labute approximate surface area is 95.6 Å². The molecule has 1 saturated carbocycles. The average Bonchev–Trinajstić information content (AvgIpc) is 2.84. The summed E-state index contributed by atoms with van der Waals surface area (Å²) >= 11 is 0. The lowest BCUT2D eigenvalue weighted by Gasteiger charge is -2.25. The van der Waals surface area contributed by atoms with E-state index < -0.39 is 0 Å². The maximum Gasteiger partial charge on any atom is 0.176 e.